The van der Waals surface area contributed by atoms with Crippen LogP contribution in [0.4, 0.5) is 18.9 Å². The van der Waals surface area contributed by atoms with E-state index < -0.39 is 11.9 Å². The summed E-state index contributed by atoms with van der Waals surface area (Å²) in [5, 5.41) is 0. The van der Waals surface area contributed by atoms with Gasteiger partial charge in [-0.1, -0.05) is 6.42 Å². The number of likely N-dealkylation sites (tertiary alicyclic amines) is 1. The number of aromatic nitrogens is 1. The predicted octanol–water partition coefficient (Wildman–Crippen LogP) is 4.52. The highest BCUT2D eigenvalue weighted by atomic mass is 35.5. The van der Waals surface area contributed by atoms with E-state index in [2.05, 4.69) is 14.8 Å². The molecule has 4 nitrogen and oxygen atoms in total. The number of anilines is 1. The molecule has 158 valence electrons. The Hall–Kier alpha value is -1.05. The number of ether oxygens (including phenoxy) is 1. The summed E-state index contributed by atoms with van der Waals surface area (Å²) < 4.78 is 44.2. The number of pyridine rings is 1. The second-order valence-electron chi connectivity index (χ2n) is 8.04. The van der Waals surface area contributed by atoms with Gasteiger partial charge in [-0.2, -0.15) is 13.2 Å². The Kier molecular flexibility index (Phi) is 7.10. The average molecular weight is 420 g/mol. The number of hydrogen-bond acceptors (Lipinski definition) is 4. The van der Waals surface area contributed by atoms with Crippen LogP contribution in [-0.2, 0) is 10.9 Å². The van der Waals surface area contributed by atoms with Gasteiger partial charge in [0.15, 0.2) is 0 Å². The Morgan fingerprint density at radius 1 is 0.893 bits per heavy atom. The summed E-state index contributed by atoms with van der Waals surface area (Å²) >= 11 is 0. The number of piperidine rings is 2. The zero-order chi connectivity index (χ0) is 18.9. The third-order valence-electron chi connectivity index (χ3n) is 6.30. The lowest BCUT2D eigenvalue weighted by atomic mass is 9.89. The van der Waals surface area contributed by atoms with Crippen LogP contribution in [0.25, 0.3) is 0 Å². The van der Waals surface area contributed by atoms with Gasteiger partial charge in [0.25, 0.3) is 0 Å². The molecule has 1 aromatic heterocycles. The van der Waals surface area contributed by atoms with Gasteiger partial charge in [0.2, 0.25) is 0 Å². The molecule has 0 bridgehead atoms. The van der Waals surface area contributed by atoms with Crippen molar-refractivity contribution in [3.63, 3.8) is 0 Å². The van der Waals surface area contributed by atoms with Crippen molar-refractivity contribution in [2.24, 2.45) is 0 Å². The van der Waals surface area contributed by atoms with E-state index in [1.54, 1.807) is 0 Å². The van der Waals surface area contributed by atoms with Crippen molar-refractivity contribution in [2.75, 3.05) is 31.1 Å². The predicted molar refractivity (Wildman–Crippen MR) is 105 cm³/mol. The summed E-state index contributed by atoms with van der Waals surface area (Å²) in [7, 11) is 0. The molecule has 0 radical (unpaired) electrons. The van der Waals surface area contributed by atoms with Crippen molar-refractivity contribution in [2.45, 2.75) is 69.4 Å². The van der Waals surface area contributed by atoms with Gasteiger partial charge in [-0.05, 0) is 50.7 Å². The van der Waals surface area contributed by atoms with Crippen LogP contribution in [0.15, 0.2) is 18.3 Å². The third kappa shape index (κ3) is 5.10. The highest BCUT2D eigenvalue weighted by molar-refractivity contribution is 5.85. The second-order valence-corrected chi connectivity index (χ2v) is 8.04. The third-order valence-corrected chi connectivity index (χ3v) is 6.30. The van der Waals surface area contributed by atoms with Crippen LogP contribution >= 0.6 is 12.4 Å². The molecule has 1 saturated carbocycles. The van der Waals surface area contributed by atoms with Gasteiger partial charge in [-0.25, -0.2) is 4.98 Å². The molecule has 8 heteroatoms. The summed E-state index contributed by atoms with van der Waals surface area (Å²) in [6.07, 6.45) is 5.79. The van der Waals surface area contributed by atoms with E-state index in [4.69, 9.17) is 4.74 Å². The van der Waals surface area contributed by atoms with Crippen LogP contribution in [0.2, 0.25) is 0 Å². The monoisotopic (exact) mass is 419 g/mol. The van der Waals surface area contributed by atoms with E-state index in [-0.39, 0.29) is 18.5 Å². The quantitative estimate of drug-likeness (QED) is 0.717. The summed E-state index contributed by atoms with van der Waals surface area (Å²) in [5.74, 6) is 0. The normalized spacial score (nSPS) is 23.3. The standard InChI is InChI=1S/C20H28F3N3O.ClH/c21-20(22,23)19-5-4-16(14-24-19)26-12-8-18(9-13-26)27-17-6-10-25(11-7-17)15-2-1-3-15;/h4-5,14-15,17-18H,1-3,6-13H2;1H. The van der Waals surface area contributed by atoms with E-state index >= 15 is 0 Å². The highest BCUT2D eigenvalue weighted by Crippen LogP contribution is 2.31. The average Bonchev–Trinajstić information content (AvgIpc) is 2.62. The van der Waals surface area contributed by atoms with Crippen molar-refractivity contribution >= 4 is 18.1 Å². The SMILES string of the molecule is Cl.FC(F)(F)c1ccc(N2CCC(OC3CCN(C4CCC4)CC3)CC2)cn1. The first kappa shape index (κ1) is 21.7. The minimum absolute atomic E-state index is 0. The lowest BCUT2D eigenvalue weighted by molar-refractivity contribution is -0.141. The van der Waals surface area contributed by atoms with E-state index in [9.17, 15) is 13.2 Å². The molecule has 1 aliphatic carbocycles. The number of alkyl halides is 3. The molecule has 0 N–H and O–H groups in total. The molecule has 28 heavy (non-hydrogen) atoms. The summed E-state index contributed by atoms with van der Waals surface area (Å²) in [5.41, 5.74) is -0.0760. The Morgan fingerprint density at radius 3 is 1.96 bits per heavy atom. The van der Waals surface area contributed by atoms with Crippen molar-refractivity contribution < 1.29 is 17.9 Å². The second kappa shape index (κ2) is 9.18. The van der Waals surface area contributed by atoms with Crippen LogP contribution in [0.3, 0.4) is 0 Å². The van der Waals surface area contributed by atoms with E-state index in [0.29, 0.717) is 6.10 Å². The first-order valence-electron chi connectivity index (χ1n) is 10.2. The molecule has 0 atom stereocenters. The molecular weight excluding hydrogens is 391 g/mol. The van der Waals surface area contributed by atoms with E-state index in [1.807, 2.05) is 0 Å². The fourth-order valence-corrected chi connectivity index (χ4v) is 4.39. The maximum atomic E-state index is 12.6. The number of rotatable bonds is 4. The molecule has 2 saturated heterocycles. The molecule has 2 aliphatic heterocycles. The maximum absolute atomic E-state index is 12.6. The Bertz CT molecular complexity index is 608. The summed E-state index contributed by atoms with van der Waals surface area (Å²) in [4.78, 5) is 8.30. The Morgan fingerprint density at radius 2 is 1.50 bits per heavy atom. The fourth-order valence-electron chi connectivity index (χ4n) is 4.39. The Labute approximate surface area is 170 Å². The summed E-state index contributed by atoms with van der Waals surface area (Å²) in [6.45, 7) is 3.92. The van der Waals surface area contributed by atoms with Gasteiger partial charge in [-0.3, -0.25) is 0 Å². The van der Waals surface area contributed by atoms with Crippen molar-refractivity contribution in [1.29, 1.82) is 0 Å². The number of halogens is 4. The minimum Gasteiger partial charge on any atom is -0.375 e. The molecule has 0 aromatic carbocycles. The smallest absolute Gasteiger partial charge is 0.375 e. The lowest BCUT2D eigenvalue weighted by Crippen LogP contribution is -2.47. The van der Waals surface area contributed by atoms with Gasteiger partial charge in [0.05, 0.1) is 24.1 Å². The number of nitrogens with zero attached hydrogens (tertiary/aromatic N) is 3. The molecule has 3 aliphatic rings. The van der Waals surface area contributed by atoms with E-state index in [0.717, 1.165) is 69.7 Å². The first-order valence-corrected chi connectivity index (χ1v) is 10.2. The van der Waals surface area contributed by atoms with Gasteiger partial charge >= 0.3 is 6.18 Å². The molecule has 4 rings (SSSR count). The lowest BCUT2D eigenvalue weighted by Gasteiger charge is -2.43. The zero-order valence-corrected chi connectivity index (χ0v) is 16.9. The van der Waals surface area contributed by atoms with Crippen molar-refractivity contribution in [3.05, 3.63) is 24.0 Å². The van der Waals surface area contributed by atoms with Gasteiger partial charge in [0.1, 0.15) is 5.69 Å². The fraction of sp³-hybridized carbons (Fsp3) is 0.750. The summed E-state index contributed by atoms with van der Waals surface area (Å²) in [6, 6.07) is 3.41. The molecule has 1 aromatic rings. The molecule has 3 heterocycles. The maximum Gasteiger partial charge on any atom is 0.433 e. The molecular formula is C20H29ClF3N3O. The van der Waals surface area contributed by atoms with Crippen LogP contribution < -0.4 is 4.90 Å². The van der Waals surface area contributed by atoms with Crippen LogP contribution in [-0.4, -0.2) is 54.3 Å². The van der Waals surface area contributed by atoms with Crippen LogP contribution in [0.5, 0.6) is 0 Å². The topological polar surface area (TPSA) is 28.6 Å². The molecule has 0 unspecified atom stereocenters. The number of hydrogen-bond donors (Lipinski definition) is 0. The largest absolute Gasteiger partial charge is 0.433 e. The van der Waals surface area contributed by atoms with Crippen molar-refractivity contribution in [1.82, 2.24) is 9.88 Å². The minimum atomic E-state index is -4.38. The van der Waals surface area contributed by atoms with Crippen LogP contribution in [0, 0.1) is 0 Å². The van der Waals surface area contributed by atoms with Gasteiger partial charge in [-0.15, -0.1) is 12.4 Å². The van der Waals surface area contributed by atoms with Crippen LogP contribution in [0.1, 0.15) is 50.6 Å². The molecule has 0 spiro atoms. The van der Waals surface area contributed by atoms with Gasteiger partial charge in [0, 0.05) is 32.2 Å². The van der Waals surface area contributed by atoms with E-state index in [1.165, 1.54) is 31.5 Å². The highest BCUT2D eigenvalue weighted by Gasteiger charge is 2.33. The van der Waals surface area contributed by atoms with Gasteiger partial charge < -0.3 is 14.5 Å². The van der Waals surface area contributed by atoms with Crippen molar-refractivity contribution in [3.8, 4) is 0 Å². The molecule has 3 fully saturated rings. The zero-order valence-electron chi connectivity index (χ0n) is 16.0. The Balaban J connectivity index is 0.00000225. The first-order chi connectivity index (χ1) is 13.0. The molecule has 0 amide bonds.